The maximum atomic E-state index is 12.0. The molecule has 0 aliphatic carbocycles. The van der Waals surface area contributed by atoms with E-state index in [2.05, 4.69) is 5.32 Å². The molecule has 0 radical (unpaired) electrons. The van der Waals surface area contributed by atoms with Crippen LogP contribution in [0.15, 0.2) is 36.4 Å². The Balaban J connectivity index is 1.89. The minimum absolute atomic E-state index is 0.0100. The van der Waals surface area contributed by atoms with Crippen molar-refractivity contribution in [1.82, 2.24) is 0 Å². The van der Waals surface area contributed by atoms with E-state index in [1.165, 1.54) is 6.07 Å². The van der Waals surface area contributed by atoms with E-state index in [9.17, 15) is 14.9 Å². The molecule has 0 spiro atoms. The van der Waals surface area contributed by atoms with Crippen molar-refractivity contribution in [3.8, 4) is 11.5 Å². The zero-order chi connectivity index (χ0) is 16.0. The van der Waals surface area contributed by atoms with Crippen molar-refractivity contribution in [2.45, 2.75) is 12.3 Å². The van der Waals surface area contributed by atoms with E-state index < -0.39 is 10.8 Å². The van der Waals surface area contributed by atoms with Gasteiger partial charge in [0.25, 0.3) is 5.69 Å². The van der Waals surface area contributed by atoms with Gasteiger partial charge in [0.05, 0.1) is 4.92 Å². The summed E-state index contributed by atoms with van der Waals surface area (Å²) in [5, 5.41) is 14.1. The molecular weight excluding hydrogens is 300 g/mol. The summed E-state index contributed by atoms with van der Waals surface area (Å²) in [6.45, 7) is 0.127. The largest absolute Gasteiger partial charge is 0.454 e. The lowest BCUT2D eigenvalue weighted by Gasteiger charge is -2.26. The fourth-order valence-electron chi connectivity index (χ4n) is 3.08. The lowest BCUT2D eigenvalue weighted by Crippen LogP contribution is -2.24. The first-order valence-electron chi connectivity index (χ1n) is 7.10. The van der Waals surface area contributed by atoms with Crippen LogP contribution in [0.5, 0.6) is 11.5 Å². The first-order chi connectivity index (χ1) is 11.1. The van der Waals surface area contributed by atoms with E-state index in [0.29, 0.717) is 22.7 Å². The number of nitro groups is 1. The standard InChI is InChI=1S/C16H12N2O5/c19-16-6-10(9-3-1-2-4-13(9)18(20)21)11-5-14-15(23-8-22-14)7-12(11)17-16/h1-5,7,10H,6,8H2,(H,17,19)/t10-/m0/s1. The normalized spacial score (nSPS) is 18.3. The zero-order valence-electron chi connectivity index (χ0n) is 11.9. The number of hydrogen-bond donors (Lipinski definition) is 1. The highest BCUT2D eigenvalue weighted by Crippen LogP contribution is 2.46. The van der Waals surface area contributed by atoms with E-state index in [1.54, 1.807) is 30.3 Å². The van der Waals surface area contributed by atoms with Crippen LogP contribution < -0.4 is 14.8 Å². The molecule has 2 aromatic carbocycles. The summed E-state index contributed by atoms with van der Waals surface area (Å²) in [6, 6.07) is 9.99. The van der Waals surface area contributed by atoms with E-state index in [4.69, 9.17) is 9.47 Å². The molecule has 2 aliphatic rings. The molecule has 4 rings (SSSR count). The maximum absolute atomic E-state index is 12.0. The molecule has 7 heteroatoms. The summed E-state index contributed by atoms with van der Waals surface area (Å²) in [4.78, 5) is 22.9. The number of amides is 1. The Morgan fingerprint density at radius 2 is 1.87 bits per heavy atom. The van der Waals surface area contributed by atoms with Crippen LogP contribution in [0.3, 0.4) is 0 Å². The van der Waals surface area contributed by atoms with E-state index in [1.807, 2.05) is 0 Å². The second-order valence-electron chi connectivity index (χ2n) is 5.41. The molecule has 23 heavy (non-hydrogen) atoms. The maximum Gasteiger partial charge on any atom is 0.273 e. The Kier molecular flexibility index (Phi) is 2.94. The number of hydrogen-bond acceptors (Lipinski definition) is 5. The van der Waals surface area contributed by atoms with Crippen molar-refractivity contribution in [2.75, 3.05) is 12.1 Å². The predicted octanol–water partition coefficient (Wildman–Crippen LogP) is 2.80. The number of nitro benzene ring substituents is 1. The number of ether oxygens (including phenoxy) is 2. The zero-order valence-corrected chi connectivity index (χ0v) is 11.9. The van der Waals surface area contributed by atoms with Gasteiger partial charge in [-0.1, -0.05) is 18.2 Å². The minimum Gasteiger partial charge on any atom is -0.454 e. The van der Waals surface area contributed by atoms with Gasteiger partial charge < -0.3 is 14.8 Å². The molecule has 0 unspecified atom stereocenters. The van der Waals surface area contributed by atoms with Gasteiger partial charge in [0.1, 0.15) is 0 Å². The predicted molar refractivity (Wildman–Crippen MR) is 80.8 cm³/mol. The van der Waals surface area contributed by atoms with E-state index >= 15 is 0 Å². The molecule has 2 aromatic rings. The summed E-state index contributed by atoms with van der Waals surface area (Å²) >= 11 is 0. The van der Waals surface area contributed by atoms with Crippen LogP contribution in [0.25, 0.3) is 0 Å². The third-order valence-corrected chi connectivity index (χ3v) is 4.09. The molecule has 1 amide bonds. The molecule has 116 valence electrons. The third-order valence-electron chi connectivity index (χ3n) is 4.09. The second-order valence-corrected chi connectivity index (χ2v) is 5.41. The van der Waals surface area contributed by atoms with Crippen molar-refractivity contribution < 1.29 is 19.2 Å². The van der Waals surface area contributed by atoms with Crippen LogP contribution in [-0.4, -0.2) is 17.6 Å². The Morgan fingerprint density at radius 1 is 1.13 bits per heavy atom. The minimum atomic E-state index is -0.422. The lowest BCUT2D eigenvalue weighted by molar-refractivity contribution is -0.385. The number of para-hydroxylation sites is 1. The van der Waals surface area contributed by atoms with Crippen molar-refractivity contribution >= 4 is 17.3 Å². The summed E-state index contributed by atoms with van der Waals surface area (Å²) < 4.78 is 10.7. The number of rotatable bonds is 2. The number of fused-ring (bicyclic) bond motifs is 2. The number of carbonyl (C=O) groups is 1. The summed E-state index contributed by atoms with van der Waals surface area (Å²) in [7, 11) is 0. The van der Waals surface area contributed by atoms with Gasteiger partial charge in [-0.25, -0.2) is 0 Å². The van der Waals surface area contributed by atoms with Gasteiger partial charge in [0.15, 0.2) is 11.5 Å². The highest BCUT2D eigenvalue weighted by Gasteiger charge is 2.33. The van der Waals surface area contributed by atoms with Crippen LogP contribution in [0, 0.1) is 10.1 Å². The number of nitrogens with one attached hydrogen (secondary N) is 1. The number of benzene rings is 2. The number of anilines is 1. The fraction of sp³-hybridized carbons (Fsp3) is 0.188. The molecule has 7 nitrogen and oxygen atoms in total. The van der Waals surface area contributed by atoms with Gasteiger partial charge >= 0.3 is 0 Å². The molecule has 0 saturated carbocycles. The summed E-state index contributed by atoms with van der Waals surface area (Å²) in [6.07, 6.45) is 0.150. The van der Waals surface area contributed by atoms with Gasteiger partial charge in [0.2, 0.25) is 12.7 Å². The Hall–Kier alpha value is -3.09. The van der Waals surface area contributed by atoms with Crippen LogP contribution in [-0.2, 0) is 4.79 Å². The average Bonchev–Trinajstić information content (AvgIpc) is 2.99. The highest BCUT2D eigenvalue weighted by atomic mass is 16.7. The highest BCUT2D eigenvalue weighted by molar-refractivity contribution is 5.96. The number of carbonyl (C=O) groups excluding carboxylic acids is 1. The summed E-state index contributed by atoms with van der Waals surface area (Å²) in [5.41, 5.74) is 1.93. The molecule has 0 fully saturated rings. The van der Waals surface area contributed by atoms with Crippen LogP contribution >= 0.6 is 0 Å². The molecule has 1 atom stereocenters. The van der Waals surface area contributed by atoms with Crippen molar-refractivity contribution in [3.63, 3.8) is 0 Å². The number of nitrogens with zero attached hydrogens (tertiary/aromatic N) is 1. The molecule has 1 N–H and O–H groups in total. The lowest BCUT2D eigenvalue weighted by atomic mass is 9.84. The first kappa shape index (κ1) is 13.6. The molecular formula is C16H12N2O5. The van der Waals surface area contributed by atoms with Gasteiger partial charge in [-0.15, -0.1) is 0 Å². The Morgan fingerprint density at radius 3 is 2.65 bits per heavy atom. The molecule has 0 saturated heterocycles. The van der Waals surface area contributed by atoms with Crippen LogP contribution in [0.2, 0.25) is 0 Å². The first-order valence-corrected chi connectivity index (χ1v) is 7.10. The van der Waals surface area contributed by atoms with Gasteiger partial charge in [-0.05, 0) is 11.6 Å². The van der Waals surface area contributed by atoms with E-state index in [-0.39, 0.29) is 24.8 Å². The molecule has 2 heterocycles. The third kappa shape index (κ3) is 2.17. The van der Waals surface area contributed by atoms with E-state index in [0.717, 1.165) is 5.56 Å². The second kappa shape index (κ2) is 4.98. The molecule has 0 bridgehead atoms. The Bertz CT molecular complexity index is 833. The summed E-state index contributed by atoms with van der Waals surface area (Å²) in [5.74, 6) is 0.574. The average molecular weight is 312 g/mol. The van der Waals surface area contributed by atoms with Crippen LogP contribution in [0.4, 0.5) is 11.4 Å². The van der Waals surface area contributed by atoms with Gasteiger partial charge in [0, 0.05) is 35.7 Å². The van der Waals surface area contributed by atoms with Crippen LogP contribution in [0.1, 0.15) is 23.5 Å². The fourth-order valence-corrected chi connectivity index (χ4v) is 3.08. The molecule has 2 aliphatic heterocycles. The SMILES string of the molecule is O=C1C[C@@H](c2ccccc2[N+](=O)[O-])c2cc3c(cc2N1)OCO3. The van der Waals surface area contributed by atoms with Crippen molar-refractivity contribution in [1.29, 1.82) is 0 Å². The smallest absolute Gasteiger partial charge is 0.273 e. The Labute approximate surface area is 131 Å². The molecule has 0 aromatic heterocycles. The topological polar surface area (TPSA) is 90.7 Å². The quantitative estimate of drug-likeness (QED) is 0.680. The van der Waals surface area contributed by atoms with Crippen molar-refractivity contribution in [3.05, 3.63) is 57.6 Å². The monoisotopic (exact) mass is 312 g/mol. The van der Waals surface area contributed by atoms with Gasteiger partial charge in [-0.2, -0.15) is 0 Å². The van der Waals surface area contributed by atoms with Crippen molar-refractivity contribution in [2.24, 2.45) is 0 Å². The van der Waals surface area contributed by atoms with Gasteiger partial charge in [-0.3, -0.25) is 14.9 Å².